The number of para-hydroxylation sites is 1. The number of aromatic nitrogens is 2. The minimum absolute atomic E-state index is 0.0135. The van der Waals surface area contributed by atoms with Crippen molar-refractivity contribution in [3.8, 4) is 0 Å². The van der Waals surface area contributed by atoms with Crippen molar-refractivity contribution in [2.75, 3.05) is 18.0 Å². The quantitative estimate of drug-likeness (QED) is 0.405. The van der Waals surface area contributed by atoms with Crippen LogP contribution in [0.1, 0.15) is 26.3 Å². The summed E-state index contributed by atoms with van der Waals surface area (Å²) in [7, 11) is 0. The lowest BCUT2D eigenvalue weighted by Gasteiger charge is -2.25. The highest BCUT2D eigenvalue weighted by Gasteiger charge is 2.16. The third kappa shape index (κ3) is 2.84. The number of fused-ring (bicyclic) bond motifs is 4. The number of nitrogens with zero attached hydrogens (tertiary/aromatic N) is 1. The van der Waals surface area contributed by atoms with E-state index in [9.17, 15) is 9.59 Å². The lowest BCUT2D eigenvalue weighted by atomic mass is 10.0. The molecule has 0 radical (unpaired) electrons. The number of aryl methyl sites for hydroxylation is 1. The average molecular weight is 412 g/mol. The van der Waals surface area contributed by atoms with Crippen LogP contribution in [0.3, 0.4) is 0 Å². The largest absolute Gasteiger partial charge is 0.372 e. The van der Waals surface area contributed by atoms with E-state index in [-0.39, 0.29) is 10.9 Å². The summed E-state index contributed by atoms with van der Waals surface area (Å²) in [5.74, 6) is 0. The minimum Gasteiger partial charge on any atom is -0.372 e. The Morgan fingerprint density at radius 3 is 2.03 bits per heavy atom. The number of hydrogen-bond donors (Lipinski definition) is 2. The summed E-state index contributed by atoms with van der Waals surface area (Å²) in [4.78, 5) is 35.7. The van der Waals surface area contributed by atoms with Crippen molar-refractivity contribution < 1.29 is 0 Å². The Hall–Kier alpha value is -3.60. The van der Waals surface area contributed by atoms with Crippen molar-refractivity contribution in [1.82, 2.24) is 9.97 Å². The molecule has 3 aromatic carbocycles. The number of nitrogens with one attached hydrogen (secondary N) is 2. The first-order chi connectivity index (χ1) is 15.1. The maximum Gasteiger partial charge on any atom is 0.197 e. The Kier molecular flexibility index (Phi) is 4.54. The summed E-state index contributed by atoms with van der Waals surface area (Å²) >= 11 is 0. The highest BCUT2D eigenvalue weighted by molar-refractivity contribution is 6.03. The van der Waals surface area contributed by atoms with Crippen molar-refractivity contribution in [1.29, 1.82) is 0 Å². The molecule has 0 unspecified atom stereocenters. The molecule has 0 atom stereocenters. The Bertz CT molecular complexity index is 1590. The maximum absolute atomic E-state index is 13.4. The van der Waals surface area contributed by atoms with E-state index in [0.29, 0.717) is 32.6 Å². The van der Waals surface area contributed by atoms with Crippen molar-refractivity contribution in [3.63, 3.8) is 0 Å². The average Bonchev–Trinajstić information content (AvgIpc) is 2.79. The van der Waals surface area contributed by atoms with Gasteiger partial charge in [0.25, 0.3) is 0 Å². The SMILES string of the molecule is CCc1c(N(CC)CC)ccc2c(=O)c3cc4[nH]c5ccccc5c(=O)c4cc3[nH]c12. The summed E-state index contributed by atoms with van der Waals surface area (Å²) in [6.45, 7) is 8.19. The molecule has 0 amide bonds. The van der Waals surface area contributed by atoms with Gasteiger partial charge in [-0.25, -0.2) is 0 Å². The van der Waals surface area contributed by atoms with Gasteiger partial charge in [0.15, 0.2) is 10.9 Å². The molecule has 0 aliphatic heterocycles. The van der Waals surface area contributed by atoms with Gasteiger partial charge in [-0.05, 0) is 62.2 Å². The van der Waals surface area contributed by atoms with Crippen LogP contribution in [0.4, 0.5) is 5.69 Å². The molecule has 0 saturated heterocycles. The standard InChI is InChI=1S/C26H25N3O2/c1-4-15-23(29(5-2)6-3)12-11-17-24(15)28-22-14-18-21(13-19(22)26(17)31)27-20-10-8-7-9-16(20)25(18)30/h7-14H,4-6H2,1-3H3,(H,27,30)(H,28,31). The second kappa shape index (κ2) is 7.27. The smallest absolute Gasteiger partial charge is 0.197 e. The molecule has 0 fully saturated rings. The first-order valence-electron chi connectivity index (χ1n) is 10.9. The number of pyridine rings is 2. The Morgan fingerprint density at radius 2 is 1.35 bits per heavy atom. The van der Waals surface area contributed by atoms with Gasteiger partial charge in [0.1, 0.15) is 0 Å². The number of benzene rings is 3. The topological polar surface area (TPSA) is 69.0 Å². The van der Waals surface area contributed by atoms with Gasteiger partial charge in [0, 0.05) is 45.8 Å². The van der Waals surface area contributed by atoms with E-state index in [2.05, 4.69) is 41.7 Å². The van der Waals surface area contributed by atoms with E-state index < -0.39 is 0 Å². The third-order valence-corrected chi connectivity index (χ3v) is 6.34. The molecule has 5 heteroatoms. The van der Waals surface area contributed by atoms with Crippen molar-refractivity contribution in [2.24, 2.45) is 0 Å². The van der Waals surface area contributed by atoms with Gasteiger partial charge in [-0.15, -0.1) is 0 Å². The fourth-order valence-corrected chi connectivity index (χ4v) is 4.73. The van der Waals surface area contributed by atoms with E-state index in [1.165, 1.54) is 0 Å². The van der Waals surface area contributed by atoms with Crippen LogP contribution in [0, 0.1) is 0 Å². The summed E-state index contributed by atoms with van der Waals surface area (Å²) in [6.07, 6.45) is 0.809. The molecule has 0 bridgehead atoms. The first-order valence-corrected chi connectivity index (χ1v) is 10.9. The zero-order valence-corrected chi connectivity index (χ0v) is 18.0. The monoisotopic (exact) mass is 411 g/mol. The second-order valence-electron chi connectivity index (χ2n) is 7.91. The van der Waals surface area contributed by atoms with E-state index in [0.717, 1.165) is 41.8 Å². The van der Waals surface area contributed by atoms with Gasteiger partial charge < -0.3 is 14.9 Å². The first kappa shape index (κ1) is 19.4. The highest BCUT2D eigenvalue weighted by Crippen LogP contribution is 2.29. The van der Waals surface area contributed by atoms with Gasteiger partial charge in [-0.1, -0.05) is 19.1 Å². The van der Waals surface area contributed by atoms with Gasteiger partial charge >= 0.3 is 0 Å². The Labute approximate surface area is 179 Å². The third-order valence-electron chi connectivity index (χ3n) is 6.34. The molecule has 5 nitrogen and oxygen atoms in total. The zero-order valence-electron chi connectivity index (χ0n) is 18.0. The number of hydrogen-bond acceptors (Lipinski definition) is 3. The summed E-state index contributed by atoms with van der Waals surface area (Å²) in [6, 6.07) is 15.1. The van der Waals surface area contributed by atoms with Gasteiger partial charge in [-0.2, -0.15) is 0 Å². The van der Waals surface area contributed by atoms with Crippen molar-refractivity contribution in [3.05, 3.63) is 74.5 Å². The molecule has 0 saturated carbocycles. The van der Waals surface area contributed by atoms with E-state index in [4.69, 9.17) is 0 Å². The van der Waals surface area contributed by atoms with E-state index >= 15 is 0 Å². The van der Waals surface area contributed by atoms with Crippen LogP contribution in [0.5, 0.6) is 0 Å². The summed E-state index contributed by atoms with van der Waals surface area (Å²) in [5.41, 5.74) is 5.25. The molecular formula is C26H25N3O2. The van der Waals surface area contributed by atoms with Crippen LogP contribution >= 0.6 is 0 Å². The molecule has 0 spiro atoms. The second-order valence-corrected chi connectivity index (χ2v) is 7.91. The van der Waals surface area contributed by atoms with E-state index in [1.807, 2.05) is 36.4 Å². The van der Waals surface area contributed by atoms with Gasteiger partial charge in [0.2, 0.25) is 0 Å². The van der Waals surface area contributed by atoms with Crippen LogP contribution in [0.15, 0.2) is 58.1 Å². The van der Waals surface area contributed by atoms with Crippen LogP contribution in [0.2, 0.25) is 0 Å². The van der Waals surface area contributed by atoms with Crippen LogP contribution in [0.25, 0.3) is 43.6 Å². The lowest BCUT2D eigenvalue weighted by Crippen LogP contribution is -2.23. The Morgan fingerprint density at radius 1 is 0.710 bits per heavy atom. The number of H-pyrrole nitrogens is 2. The van der Waals surface area contributed by atoms with Crippen LogP contribution < -0.4 is 15.8 Å². The molecule has 2 N–H and O–H groups in total. The number of anilines is 1. The van der Waals surface area contributed by atoms with Crippen LogP contribution in [-0.2, 0) is 6.42 Å². The highest BCUT2D eigenvalue weighted by atomic mass is 16.1. The van der Waals surface area contributed by atoms with Crippen molar-refractivity contribution >= 4 is 49.3 Å². The van der Waals surface area contributed by atoms with Crippen molar-refractivity contribution in [2.45, 2.75) is 27.2 Å². The number of rotatable bonds is 4. The predicted octanol–water partition coefficient (Wildman–Crippen LogP) is 5.08. The summed E-state index contributed by atoms with van der Waals surface area (Å²) in [5, 5.41) is 2.50. The molecule has 2 heterocycles. The molecule has 0 aliphatic carbocycles. The minimum atomic E-state index is -0.0280. The van der Waals surface area contributed by atoms with Gasteiger partial charge in [0.05, 0.1) is 16.6 Å². The maximum atomic E-state index is 13.4. The number of aromatic amines is 2. The molecule has 0 aliphatic rings. The zero-order chi connectivity index (χ0) is 21.7. The molecular weight excluding hydrogens is 386 g/mol. The predicted molar refractivity (Wildman–Crippen MR) is 131 cm³/mol. The molecule has 5 rings (SSSR count). The molecule has 31 heavy (non-hydrogen) atoms. The summed E-state index contributed by atoms with van der Waals surface area (Å²) < 4.78 is 0. The van der Waals surface area contributed by atoms with Crippen LogP contribution in [-0.4, -0.2) is 23.1 Å². The molecule has 156 valence electrons. The molecule has 5 aromatic rings. The molecule has 2 aromatic heterocycles. The van der Waals surface area contributed by atoms with Gasteiger partial charge in [-0.3, -0.25) is 9.59 Å². The Balaban J connectivity index is 1.91. The fourth-order valence-electron chi connectivity index (χ4n) is 4.73. The normalized spacial score (nSPS) is 11.7. The lowest BCUT2D eigenvalue weighted by molar-refractivity contribution is 0.857. The fraction of sp³-hybridized carbons (Fsp3) is 0.231. The van der Waals surface area contributed by atoms with E-state index in [1.54, 1.807) is 6.07 Å².